The van der Waals surface area contributed by atoms with Gasteiger partial charge < -0.3 is 10.1 Å². The topological polar surface area (TPSA) is 56.1 Å². The van der Waals surface area contributed by atoms with Gasteiger partial charge in [0.2, 0.25) is 0 Å². The SMILES string of the molecule is COC(=O)c1nn(-c2ccccc2)c(Nc2ccccc2)c1Br. The summed E-state index contributed by atoms with van der Waals surface area (Å²) < 4.78 is 7.02. The molecule has 23 heavy (non-hydrogen) atoms. The molecule has 0 spiro atoms. The number of para-hydroxylation sites is 2. The smallest absolute Gasteiger partial charge is 0.359 e. The van der Waals surface area contributed by atoms with E-state index in [1.165, 1.54) is 7.11 Å². The molecule has 0 aliphatic heterocycles. The van der Waals surface area contributed by atoms with Gasteiger partial charge in [0.05, 0.1) is 17.3 Å². The molecule has 0 atom stereocenters. The number of esters is 1. The second-order valence-corrected chi connectivity index (χ2v) is 5.53. The second kappa shape index (κ2) is 6.66. The van der Waals surface area contributed by atoms with Gasteiger partial charge in [0, 0.05) is 5.69 Å². The van der Waals surface area contributed by atoms with E-state index in [1.54, 1.807) is 4.68 Å². The Morgan fingerprint density at radius 2 is 1.70 bits per heavy atom. The third-order valence-electron chi connectivity index (χ3n) is 3.24. The minimum Gasteiger partial charge on any atom is -0.464 e. The van der Waals surface area contributed by atoms with Crippen molar-refractivity contribution in [1.82, 2.24) is 9.78 Å². The summed E-state index contributed by atoms with van der Waals surface area (Å²) in [5, 5.41) is 7.66. The van der Waals surface area contributed by atoms with E-state index in [9.17, 15) is 4.79 Å². The first-order chi connectivity index (χ1) is 11.2. The van der Waals surface area contributed by atoms with Crippen LogP contribution in [0.15, 0.2) is 65.1 Å². The van der Waals surface area contributed by atoms with E-state index in [0.29, 0.717) is 10.3 Å². The summed E-state index contributed by atoms with van der Waals surface area (Å²) in [7, 11) is 1.33. The number of nitrogens with one attached hydrogen (secondary N) is 1. The number of carbonyl (C=O) groups excluding carboxylic acids is 1. The average Bonchev–Trinajstić information content (AvgIpc) is 2.93. The number of rotatable bonds is 4. The third kappa shape index (κ3) is 3.12. The molecule has 0 unspecified atom stereocenters. The predicted octanol–water partition coefficient (Wildman–Crippen LogP) is 4.17. The maximum Gasteiger partial charge on any atom is 0.359 e. The number of halogens is 1. The Morgan fingerprint density at radius 1 is 1.09 bits per heavy atom. The standard InChI is InChI=1S/C17H14BrN3O2/c1-23-17(22)15-14(18)16(19-12-8-4-2-5-9-12)21(20-15)13-10-6-3-7-11-13/h2-11,19H,1H3. The summed E-state index contributed by atoms with van der Waals surface area (Å²) >= 11 is 3.45. The molecule has 1 aromatic heterocycles. The number of hydrogen-bond acceptors (Lipinski definition) is 4. The fourth-order valence-corrected chi connectivity index (χ4v) is 2.66. The van der Waals surface area contributed by atoms with Gasteiger partial charge in [-0.25, -0.2) is 9.48 Å². The van der Waals surface area contributed by atoms with E-state index < -0.39 is 5.97 Å². The molecule has 0 fully saturated rings. The van der Waals surface area contributed by atoms with Crippen LogP contribution >= 0.6 is 15.9 Å². The highest BCUT2D eigenvalue weighted by Gasteiger charge is 2.22. The highest BCUT2D eigenvalue weighted by molar-refractivity contribution is 9.10. The average molecular weight is 372 g/mol. The molecule has 116 valence electrons. The number of methoxy groups -OCH3 is 1. The zero-order valence-electron chi connectivity index (χ0n) is 12.4. The first-order valence-electron chi connectivity index (χ1n) is 6.95. The van der Waals surface area contributed by atoms with Gasteiger partial charge in [-0.15, -0.1) is 0 Å². The predicted molar refractivity (Wildman–Crippen MR) is 92.3 cm³/mol. The normalized spacial score (nSPS) is 10.3. The van der Waals surface area contributed by atoms with Gasteiger partial charge in [-0.3, -0.25) is 0 Å². The Balaban J connectivity index is 2.12. The minimum atomic E-state index is -0.498. The molecule has 5 nitrogen and oxygen atoms in total. The number of carbonyl (C=O) groups is 1. The zero-order valence-corrected chi connectivity index (χ0v) is 13.9. The number of anilines is 2. The van der Waals surface area contributed by atoms with E-state index in [4.69, 9.17) is 4.74 Å². The monoisotopic (exact) mass is 371 g/mol. The summed E-state index contributed by atoms with van der Waals surface area (Å²) in [6, 6.07) is 19.3. The second-order valence-electron chi connectivity index (χ2n) is 4.74. The Kier molecular flexibility index (Phi) is 4.43. The van der Waals surface area contributed by atoms with Gasteiger partial charge in [0.1, 0.15) is 5.82 Å². The molecule has 0 saturated heterocycles. The van der Waals surface area contributed by atoms with Crippen molar-refractivity contribution in [3.05, 3.63) is 70.8 Å². The van der Waals surface area contributed by atoms with Crippen molar-refractivity contribution in [2.45, 2.75) is 0 Å². The number of hydrogen-bond donors (Lipinski definition) is 1. The van der Waals surface area contributed by atoms with Gasteiger partial charge in [0.15, 0.2) is 5.69 Å². The lowest BCUT2D eigenvalue weighted by atomic mass is 10.3. The van der Waals surface area contributed by atoms with Crippen LogP contribution in [0.5, 0.6) is 0 Å². The van der Waals surface area contributed by atoms with Gasteiger partial charge >= 0.3 is 5.97 Å². The van der Waals surface area contributed by atoms with Crippen LogP contribution in [0.25, 0.3) is 5.69 Å². The quantitative estimate of drug-likeness (QED) is 0.699. The number of ether oxygens (including phenoxy) is 1. The van der Waals surface area contributed by atoms with E-state index >= 15 is 0 Å². The molecule has 2 aromatic carbocycles. The maximum atomic E-state index is 11.9. The van der Waals surface area contributed by atoms with Crippen LogP contribution in [-0.4, -0.2) is 22.9 Å². The van der Waals surface area contributed by atoms with E-state index in [1.807, 2.05) is 60.7 Å². The molecule has 1 N–H and O–H groups in total. The summed E-state index contributed by atoms with van der Waals surface area (Å²) in [6.45, 7) is 0. The first kappa shape index (κ1) is 15.3. The van der Waals surface area contributed by atoms with Gasteiger partial charge in [-0.2, -0.15) is 5.10 Å². The lowest BCUT2D eigenvalue weighted by Gasteiger charge is -2.10. The van der Waals surface area contributed by atoms with Gasteiger partial charge in [-0.05, 0) is 40.2 Å². The first-order valence-corrected chi connectivity index (χ1v) is 7.74. The lowest BCUT2D eigenvalue weighted by Crippen LogP contribution is -2.05. The molecule has 1 heterocycles. The van der Waals surface area contributed by atoms with Crippen LogP contribution in [0.3, 0.4) is 0 Å². The van der Waals surface area contributed by atoms with Crippen molar-refractivity contribution >= 4 is 33.4 Å². The molecule has 6 heteroatoms. The Bertz CT molecular complexity index is 817. The lowest BCUT2D eigenvalue weighted by molar-refractivity contribution is 0.0592. The Hall–Kier alpha value is -2.60. The van der Waals surface area contributed by atoms with Crippen molar-refractivity contribution in [3.8, 4) is 5.69 Å². The van der Waals surface area contributed by atoms with Crippen LogP contribution in [0, 0.1) is 0 Å². The van der Waals surface area contributed by atoms with Gasteiger partial charge in [0.25, 0.3) is 0 Å². The molecular weight excluding hydrogens is 358 g/mol. The fourth-order valence-electron chi connectivity index (χ4n) is 2.15. The highest BCUT2D eigenvalue weighted by Crippen LogP contribution is 2.32. The maximum absolute atomic E-state index is 11.9. The van der Waals surface area contributed by atoms with Crippen LogP contribution in [0.2, 0.25) is 0 Å². The zero-order chi connectivity index (χ0) is 16.2. The van der Waals surface area contributed by atoms with E-state index in [-0.39, 0.29) is 5.69 Å². The van der Waals surface area contributed by atoms with Crippen molar-refractivity contribution in [2.24, 2.45) is 0 Å². The molecule has 0 aliphatic carbocycles. The van der Waals surface area contributed by atoms with Crippen LogP contribution in [-0.2, 0) is 4.74 Å². The number of benzene rings is 2. The molecule has 0 aliphatic rings. The Morgan fingerprint density at radius 3 is 2.30 bits per heavy atom. The number of nitrogens with zero attached hydrogens (tertiary/aromatic N) is 2. The summed E-state index contributed by atoms with van der Waals surface area (Å²) in [4.78, 5) is 11.9. The van der Waals surface area contributed by atoms with Crippen molar-refractivity contribution < 1.29 is 9.53 Å². The molecule has 0 saturated carbocycles. The summed E-state index contributed by atoms with van der Waals surface area (Å²) in [5.41, 5.74) is 1.94. The third-order valence-corrected chi connectivity index (χ3v) is 3.99. The minimum absolute atomic E-state index is 0.217. The molecule has 0 amide bonds. The Labute approximate surface area is 142 Å². The molecule has 3 rings (SSSR count). The summed E-state index contributed by atoms with van der Waals surface area (Å²) in [6.07, 6.45) is 0. The molecule has 3 aromatic rings. The van der Waals surface area contributed by atoms with E-state index in [2.05, 4.69) is 26.3 Å². The molecular formula is C17H14BrN3O2. The fraction of sp³-hybridized carbons (Fsp3) is 0.0588. The molecule has 0 radical (unpaired) electrons. The van der Waals surface area contributed by atoms with Gasteiger partial charge in [-0.1, -0.05) is 36.4 Å². The van der Waals surface area contributed by atoms with Crippen LogP contribution in [0.4, 0.5) is 11.5 Å². The van der Waals surface area contributed by atoms with Crippen molar-refractivity contribution in [2.75, 3.05) is 12.4 Å². The van der Waals surface area contributed by atoms with Crippen molar-refractivity contribution in [1.29, 1.82) is 0 Å². The highest BCUT2D eigenvalue weighted by atomic mass is 79.9. The number of aromatic nitrogens is 2. The van der Waals surface area contributed by atoms with Crippen molar-refractivity contribution in [3.63, 3.8) is 0 Å². The van der Waals surface area contributed by atoms with E-state index in [0.717, 1.165) is 11.4 Å². The van der Waals surface area contributed by atoms with Crippen LogP contribution in [0.1, 0.15) is 10.5 Å². The summed E-state index contributed by atoms with van der Waals surface area (Å²) in [5.74, 6) is 0.158. The van der Waals surface area contributed by atoms with Crippen LogP contribution < -0.4 is 5.32 Å². The largest absolute Gasteiger partial charge is 0.464 e. The molecule has 0 bridgehead atoms.